The first-order valence-corrected chi connectivity index (χ1v) is 10.2. The van der Waals surface area contributed by atoms with Gasteiger partial charge in [0.1, 0.15) is 12.4 Å². The first-order chi connectivity index (χ1) is 14.9. The molecule has 0 spiro atoms. The summed E-state index contributed by atoms with van der Waals surface area (Å²) in [4.78, 5) is 29.4. The fraction of sp³-hybridized carbons (Fsp3) is 0.227. The summed E-state index contributed by atoms with van der Waals surface area (Å²) in [7, 11) is 0. The number of hydrogen-bond donors (Lipinski definition) is 1. The molecular formula is C22H17F2N3O3S. The summed E-state index contributed by atoms with van der Waals surface area (Å²) in [5.74, 6) is -1.96. The second kappa shape index (κ2) is 7.42. The van der Waals surface area contributed by atoms with Gasteiger partial charge in [-0.3, -0.25) is 14.5 Å². The summed E-state index contributed by atoms with van der Waals surface area (Å²) in [6.07, 6.45) is 2.44. The van der Waals surface area contributed by atoms with Crippen molar-refractivity contribution in [3.8, 4) is 5.75 Å². The second-order valence-electron chi connectivity index (χ2n) is 7.56. The highest BCUT2D eigenvalue weighted by Gasteiger charge is 2.35. The molecule has 2 amide bonds. The molecule has 0 saturated heterocycles. The van der Waals surface area contributed by atoms with Gasteiger partial charge in [-0.25, -0.2) is 8.78 Å². The van der Waals surface area contributed by atoms with Gasteiger partial charge in [0.25, 0.3) is 11.8 Å². The number of carbonyl (C=O) groups is 2. The maximum absolute atomic E-state index is 14.0. The number of nitrogens with one attached hydrogen (secondary N) is 1. The zero-order valence-corrected chi connectivity index (χ0v) is 17.0. The molecule has 0 aliphatic carbocycles. The van der Waals surface area contributed by atoms with Crippen molar-refractivity contribution >= 4 is 24.0 Å². The number of rotatable bonds is 4. The van der Waals surface area contributed by atoms with E-state index >= 15 is 0 Å². The van der Waals surface area contributed by atoms with Crippen LogP contribution in [-0.2, 0) is 12.8 Å². The summed E-state index contributed by atoms with van der Waals surface area (Å²) < 4.78 is 35.5. The van der Waals surface area contributed by atoms with Gasteiger partial charge in [0, 0.05) is 42.9 Å². The first kappa shape index (κ1) is 19.6. The number of aromatic amines is 1. The monoisotopic (exact) mass is 441 g/mol. The van der Waals surface area contributed by atoms with E-state index in [4.69, 9.17) is 17.0 Å². The Morgan fingerprint density at radius 3 is 2.55 bits per heavy atom. The Morgan fingerprint density at radius 2 is 1.84 bits per heavy atom. The number of nitrogens with zero attached hydrogens (tertiary/aromatic N) is 2. The summed E-state index contributed by atoms with van der Waals surface area (Å²) in [6, 6.07) is 8.52. The van der Waals surface area contributed by atoms with Crippen LogP contribution in [0.5, 0.6) is 5.75 Å². The third-order valence-electron chi connectivity index (χ3n) is 5.69. The van der Waals surface area contributed by atoms with Gasteiger partial charge in [0.15, 0.2) is 16.3 Å². The third kappa shape index (κ3) is 3.25. The number of imidazole rings is 1. The summed E-state index contributed by atoms with van der Waals surface area (Å²) >= 11 is 5.41. The lowest BCUT2D eigenvalue weighted by atomic mass is 10.0. The van der Waals surface area contributed by atoms with E-state index in [0.29, 0.717) is 34.3 Å². The lowest BCUT2D eigenvalue weighted by Gasteiger charge is -2.28. The summed E-state index contributed by atoms with van der Waals surface area (Å²) in [5.41, 5.74) is 2.01. The molecule has 31 heavy (non-hydrogen) atoms. The predicted molar refractivity (Wildman–Crippen MR) is 110 cm³/mol. The van der Waals surface area contributed by atoms with Crippen LogP contribution < -0.4 is 4.74 Å². The van der Waals surface area contributed by atoms with E-state index in [9.17, 15) is 18.4 Å². The molecule has 9 heteroatoms. The average molecular weight is 441 g/mol. The van der Waals surface area contributed by atoms with Crippen LogP contribution in [0.4, 0.5) is 8.78 Å². The van der Waals surface area contributed by atoms with Gasteiger partial charge in [-0.05, 0) is 30.4 Å². The number of halogens is 2. The van der Waals surface area contributed by atoms with E-state index in [0.717, 1.165) is 11.8 Å². The smallest absolute Gasteiger partial charge is 0.261 e. The molecule has 5 rings (SSSR count). The zero-order chi connectivity index (χ0) is 21.7. The molecule has 1 aromatic heterocycles. The number of carbonyl (C=O) groups excluding carboxylic acids is 2. The molecule has 3 heterocycles. The predicted octanol–water partition coefficient (Wildman–Crippen LogP) is 3.84. The molecule has 0 saturated carbocycles. The van der Waals surface area contributed by atoms with E-state index in [1.165, 1.54) is 11.0 Å². The molecule has 6 nitrogen and oxygen atoms in total. The van der Waals surface area contributed by atoms with Crippen molar-refractivity contribution in [2.24, 2.45) is 0 Å². The average Bonchev–Trinajstić information content (AvgIpc) is 3.23. The summed E-state index contributed by atoms with van der Waals surface area (Å²) in [5, 5.41) is 0. The molecule has 0 radical (unpaired) electrons. The van der Waals surface area contributed by atoms with E-state index in [-0.39, 0.29) is 36.8 Å². The minimum Gasteiger partial charge on any atom is -0.488 e. The van der Waals surface area contributed by atoms with Crippen molar-refractivity contribution in [3.05, 3.63) is 81.4 Å². The Balaban J connectivity index is 1.37. The lowest BCUT2D eigenvalue weighted by molar-refractivity contribution is 0.0655. The molecule has 158 valence electrons. The van der Waals surface area contributed by atoms with Crippen LogP contribution in [0.25, 0.3) is 0 Å². The minimum absolute atomic E-state index is 0.0623. The molecule has 2 aromatic carbocycles. The number of hydrogen-bond acceptors (Lipinski definition) is 4. The molecule has 0 unspecified atom stereocenters. The number of H-pyrrole nitrogens is 1. The van der Waals surface area contributed by atoms with Gasteiger partial charge < -0.3 is 14.3 Å². The summed E-state index contributed by atoms with van der Waals surface area (Å²) in [6.45, 7) is 0.355. The normalized spacial score (nSPS) is 17.5. The highest BCUT2D eigenvalue weighted by molar-refractivity contribution is 7.71. The number of aromatic nitrogens is 2. The molecule has 1 atom stereocenters. The van der Waals surface area contributed by atoms with Gasteiger partial charge in [-0.2, -0.15) is 0 Å². The number of benzene rings is 2. The number of ether oxygens (including phenoxy) is 1. The Kier molecular flexibility index (Phi) is 4.70. The Bertz CT molecular complexity index is 1250. The molecular weight excluding hydrogens is 424 g/mol. The van der Waals surface area contributed by atoms with Gasteiger partial charge in [0.2, 0.25) is 0 Å². The van der Waals surface area contributed by atoms with E-state index in [2.05, 4.69) is 4.98 Å². The van der Waals surface area contributed by atoms with Gasteiger partial charge in [-0.15, -0.1) is 0 Å². The van der Waals surface area contributed by atoms with E-state index in [1.807, 2.05) is 4.57 Å². The van der Waals surface area contributed by atoms with Crippen LogP contribution in [0.15, 0.2) is 42.6 Å². The molecule has 3 aromatic rings. The van der Waals surface area contributed by atoms with E-state index < -0.39 is 11.6 Å². The van der Waals surface area contributed by atoms with Crippen molar-refractivity contribution in [1.29, 1.82) is 0 Å². The quantitative estimate of drug-likeness (QED) is 0.494. The maximum atomic E-state index is 14.0. The van der Waals surface area contributed by atoms with Crippen LogP contribution in [-0.4, -0.2) is 39.4 Å². The van der Waals surface area contributed by atoms with E-state index in [1.54, 1.807) is 30.5 Å². The minimum atomic E-state index is -0.725. The Labute approximate surface area is 181 Å². The zero-order valence-electron chi connectivity index (χ0n) is 16.2. The van der Waals surface area contributed by atoms with Crippen LogP contribution in [0.1, 0.15) is 38.0 Å². The fourth-order valence-electron chi connectivity index (χ4n) is 4.26. The maximum Gasteiger partial charge on any atom is 0.261 e. The van der Waals surface area contributed by atoms with Crippen LogP contribution >= 0.6 is 12.2 Å². The van der Waals surface area contributed by atoms with Crippen molar-refractivity contribution in [3.63, 3.8) is 0 Å². The van der Waals surface area contributed by atoms with Crippen molar-refractivity contribution in [1.82, 2.24) is 14.5 Å². The van der Waals surface area contributed by atoms with Crippen molar-refractivity contribution in [2.45, 2.75) is 18.9 Å². The molecule has 2 aliphatic rings. The third-order valence-corrected chi connectivity index (χ3v) is 6.00. The fourth-order valence-corrected chi connectivity index (χ4v) is 4.59. The van der Waals surface area contributed by atoms with Gasteiger partial charge in [-0.1, -0.05) is 12.1 Å². The number of fused-ring (bicyclic) bond motifs is 2. The topological polar surface area (TPSA) is 67.3 Å². The molecule has 2 aliphatic heterocycles. The van der Waals surface area contributed by atoms with Crippen LogP contribution in [0.2, 0.25) is 0 Å². The molecule has 1 N–H and O–H groups in total. The molecule has 0 fully saturated rings. The highest BCUT2D eigenvalue weighted by Crippen LogP contribution is 2.33. The Morgan fingerprint density at radius 1 is 1.13 bits per heavy atom. The highest BCUT2D eigenvalue weighted by atomic mass is 32.1. The molecule has 0 bridgehead atoms. The van der Waals surface area contributed by atoms with Crippen molar-refractivity contribution < 1.29 is 23.1 Å². The van der Waals surface area contributed by atoms with Crippen LogP contribution in [0, 0.1) is 16.4 Å². The largest absolute Gasteiger partial charge is 0.488 e. The standard InChI is InChI=1S/C22H17F2N3O3S/c23-13-7-12-8-15(11-30-19(12)18(24)9-13)27-14(10-25-22(27)31)5-6-26-20(28)16-3-1-2-4-17(16)21(26)29/h1-4,7,9-10,15H,5-6,8,11H2,(H,25,31)/t15-/m1/s1. The van der Waals surface area contributed by atoms with Gasteiger partial charge >= 0.3 is 0 Å². The lowest BCUT2D eigenvalue weighted by Crippen LogP contribution is -2.33. The SMILES string of the molecule is O=C1c2ccccc2C(=O)N1CCc1c[nH]c(=S)n1[C@H]1COc2c(F)cc(F)cc2C1. The number of amides is 2. The first-order valence-electron chi connectivity index (χ1n) is 9.78. The Hall–Kier alpha value is -3.33. The van der Waals surface area contributed by atoms with Crippen LogP contribution in [0.3, 0.4) is 0 Å². The second-order valence-corrected chi connectivity index (χ2v) is 7.94. The van der Waals surface area contributed by atoms with Gasteiger partial charge in [0.05, 0.1) is 17.2 Å². The van der Waals surface area contributed by atoms with Crippen molar-refractivity contribution in [2.75, 3.05) is 13.2 Å². The number of imide groups is 1.